The van der Waals surface area contributed by atoms with Crippen molar-refractivity contribution in [2.75, 3.05) is 26.7 Å². The average Bonchev–Trinajstić information content (AvgIpc) is 2.85. The Labute approximate surface area is 126 Å². The Bertz CT molecular complexity index is 500. The highest BCUT2D eigenvalue weighted by Crippen LogP contribution is 2.25. The molecule has 2 rings (SSSR count). The fraction of sp³-hybridized carbons (Fsp3) is 0.733. The Hall–Kier alpha value is -1.40. The first-order valence-corrected chi connectivity index (χ1v) is 7.57. The van der Waals surface area contributed by atoms with Gasteiger partial charge in [-0.2, -0.15) is 5.10 Å². The monoisotopic (exact) mass is 294 g/mol. The van der Waals surface area contributed by atoms with Crippen molar-refractivity contribution in [3.8, 4) is 0 Å². The predicted octanol–water partition coefficient (Wildman–Crippen LogP) is 1.18. The summed E-state index contributed by atoms with van der Waals surface area (Å²) in [6.45, 7) is 6.80. The van der Waals surface area contributed by atoms with E-state index in [0.717, 1.165) is 38.0 Å². The Morgan fingerprint density at radius 2 is 2.33 bits per heavy atom. The summed E-state index contributed by atoms with van der Waals surface area (Å²) in [5.74, 6) is 0.0504. The zero-order valence-electron chi connectivity index (χ0n) is 13.3. The van der Waals surface area contributed by atoms with E-state index < -0.39 is 0 Å². The number of rotatable bonds is 5. The number of carbonyl (C=O) groups excluding carboxylic acids is 1. The number of ether oxygens (including phenoxy) is 1. The maximum Gasteiger partial charge on any atom is 0.257 e. The second-order valence-electron chi connectivity index (χ2n) is 5.99. The van der Waals surface area contributed by atoms with E-state index in [0.29, 0.717) is 18.7 Å². The molecular formula is C15H26N4O2. The third kappa shape index (κ3) is 3.44. The van der Waals surface area contributed by atoms with Crippen LogP contribution in [0, 0.1) is 6.92 Å². The summed E-state index contributed by atoms with van der Waals surface area (Å²) < 4.78 is 7.42. The maximum atomic E-state index is 12.7. The first-order chi connectivity index (χ1) is 10.0. The van der Waals surface area contributed by atoms with Crippen LogP contribution in [-0.4, -0.2) is 52.9 Å². The van der Waals surface area contributed by atoms with Gasteiger partial charge in [0.25, 0.3) is 5.91 Å². The van der Waals surface area contributed by atoms with E-state index in [-0.39, 0.29) is 11.5 Å². The normalized spacial score (nSPS) is 22.6. The van der Waals surface area contributed by atoms with Crippen molar-refractivity contribution < 1.29 is 9.53 Å². The van der Waals surface area contributed by atoms with E-state index in [2.05, 4.69) is 12.0 Å². The van der Waals surface area contributed by atoms with E-state index in [1.165, 1.54) is 0 Å². The standard InChI is InChI=1S/C15H26N4O2/c1-12-13(10-17-19(12)9-5-7-16)14(20)18-8-4-6-15(2,11-18)21-3/h10H,4-9,11,16H2,1-3H3. The van der Waals surface area contributed by atoms with Gasteiger partial charge in [0, 0.05) is 32.4 Å². The van der Waals surface area contributed by atoms with Crippen molar-refractivity contribution in [3.05, 3.63) is 17.5 Å². The molecule has 6 nitrogen and oxygen atoms in total. The Morgan fingerprint density at radius 3 is 3.00 bits per heavy atom. The number of aromatic nitrogens is 2. The van der Waals surface area contributed by atoms with Crippen LogP contribution in [0.3, 0.4) is 0 Å². The van der Waals surface area contributed by atoms with Crippen molar-refractivity contribution >= 4 is 5.91 Å². The number of hydrogen-bond donors (Lipinski definition) is 1. The zero-order chi connectivity index (χ0) is 15.5. The minimum absolute atomic E-state index is 0.0504. The van der Waals surface area contributed by atoms with E-state index in [1.54, 1.807) is 13.3 Å². The molecule has 21 heavy (non-hydrogen) atoms. The number of nitrogens with two attached hydrogens (primary N) is 1. The Morgan fingerprint density at radius 1 is 1.57 bits per heavy atom. The van der Waals surface area contributed by atoms with Crippen LogP contribution >= 0.6 is 0 Å². The molecule has 0 spiro atoms. The lowest BCUT2D eigenvalue weighted by Crippen LogP contribution is -2.49. The zero-order valence-corrected chi connectivity index (χ0v) is 13.3. The molecule has 2 N–H and O–H groups in total. The molecule has 1 fully saturated rings. The van der Waals surface area contributed by atoms with Gasteiger partial charge in [0.2, 0.25) is 0 Å². The van der Waals surface area contributed by atoms with E-state index >= 15 is 0 Å². The molecule has 1 aromatic rings. The summed E-state index contributed by atoms with van der Waals surface area (Å²) in [4.78, 5) is 14.6. The summed E-state index contributed by atoms with van der Waals surface area (Å²) >= 11 is 0. The predicted molar refractivity (Wildman–Crippen MR) is 81.2 cm³/mol. The summed E-state index contributed by atoms with van der Waals surface area (Å²) in [5.41, 5.74) is 6.89. The van der Waals surface area contributed by atoms with Gasteiger partial charge in [0.1, 0.15) is 0 Å². The highest BCUT2D eigenvalue weighted by molar-refractivity contribution is 5.95. The van der Waals surface area contributed by atoms with Gasteiger partial charge in [-0.15, -0.1) is 0 Å². The largest absolute Gasteiger partial charge is 0.377 e. The number of amides is 1. The Kier molecular flexibility index (Phi) is 5.00. The molecule has 1 amide bonds. The minimum Gasteiger partial charge on any atom is -0.377 e. The summed E-state index contributed by atoms with van der Waals surface area (Å²) in [6.07, 6.45) is 4.49. The number of methoxy groups -OCH3 is 1. The first kappa shape index (κ1) is 16.0. The van der Waals surface area contributed by atoms with Gasteiger partial charge in [0.15, 0.2) is 0 Å². The lowest BCUT2D eigenvalue weighted by Gasteiger charge is -2.39. The maximum absolute atomic E-state index is 12.7. The van der Waals surface area contributed by atoms with Gasteiger partial charge in [-0.3, -0.25) is 9.48 Å². The second kappa shape index (κ2) is 6.58. The van der Waals surface area contributed by atoms with Gasteiger partial charge in [0.05, 0.1) is 17.4 Å². The van der Waals surface area contributed by atoms with Crippen LogP contribution in [-0.2, 0) is 11.3 Å². The van der Waals surface area contributed by atoms with E-state index in [1.807, 2.05) is 16.5 Å². The smallest absolute Gasteiger partial charge is 0.257 e. The third-order valence-electron chi connectivity index (χ3n) is 4.35. The minimum atomic E-state index is -0.239. The fourth-order valence-electron chi connectivity index (χ4n) is 2.84. The molecule has 0 radical (unpaired) electrons. The van der Waals surface area contributed by atoms with E-state index in [4.69, 9.17) is 10.5 Å². The molecule has 1 saturated heterocycles. The van der Waals surface area contributed by atoms with Gasteiger partial charge in [-0.05, 0) is 39.7 Å². The highest BCUT2D eigenvalue weighted by Gasteiger charge is 2.34. The molecule has 118 valence electrons. The van der Waals surface area contributed by atoms with Crippen LogP contribution in [0.5, 0.6) is 0 Å². The number of aryl methyl sites for hydroxylation is 1. The fourth-order valence-corrected chi connectivity index (χ4v) is 2.84. The molecule has 0 aliphatic carbocycles. The topological polar surface area (TPSA) is 73.4 Å². The Balaban J connectivity index is 2.11. The van der Waals surface area contributed by atoms with Gasteiger partial charge >= 0.3 is 0 Å². The van der Waals surface area contributed by atoms with Gasteiger partial charge in [-0.25, -0.2) is 0 Å². The second-order valence-corrected chi connectivity index (χ2v) is 5.99. The first-order valence-electron chi connectivity index (χ1n) is 7.57. The lowest BCUT2D eigenvalue weighted by molar-refractivity contribution is -0.0440. The van der Waals surface area contributed by atoms with Gasteiger partial charge < -0.3 is 15.4 Å². The number of piperidine rings is 1. The van der Waals surface area contributed by atoms with Crippen molar-refractivity contribution in [2.24, 2.45) is 5.73 Å². The van der Waals surface area contributed by atoms with Crippen molar-refractivity contribution in [3.63, 3.8) is 0 Å². The summed E-state index contributed by atoms with van der Waals surface area (Å²) in [6, 6.07) is 0. The number of carbonyl (C=O) groups is 1. The molecule has 6 heteroatoms. The SMILES string of the molecule is COC1(C)CCCN(C(=O)c2cnn(CCCN)c2C)C1. The lowest BCUT2D eigenvalue weighted by atomic mass is 9.94. The molecule has 0 bridgehead atoms. The van der Waals surface area contributed by atoms with E-state index in [9.17, 15) is 4.79 Å². The summed E-state index contributed by atoms with van der Waals surface area (Å²) in [5, 5.41) is 4.31. The summed E-state index contributed by atoms with van der Waals surface area (Å²) in [7, 11) is 1.71. The van der Waals surface area contributed by atoms with Crippen LogP contribution in [0.15, 0.2) is 6.20 Å². The van der Waals surface area contributed by atoms with Crippen molar-refractivity contribution in [1.82, 2.24) is 14.7 Å². The average molecular weight is 294 g/mol. The molecule has 1 unspecified atom stereocenters. The molecule has 1 aliphatic rings. The van der Waals surface area contributed by atoms with Crippen LogP contribution in [0.4, 0.5) is 0 Å². The van der Waals surface area contributed by atoms with Gasteiger partial charge in [-0.1, -0.05) is 0 Å². The molecule has 0 saturated carbocycles. The molecule has 0 aromatic carbocycles. The van der Waals surface area contributed by atoms with Crippen molar-refractivity contribution in [1.29, 1.82) is 0 Å². The molecule has 2 heterocycles. The van der Waals surface area contributed by atoms with Crippen molar-refractivity contribution in [2.45, 2.75) is 45.3 Å². The molecule has 1 atom stereocenters. The van der Waals surface area contributed by atoms with Crippen LogP contribution < -0.4 is 5.73 Å². The van der Waals surface area contributed by atoms with Crippen LogP contribution in [0.1, 0.15) is 42.2 Å². The molecular weight excluding hydrogens is 268 g/mol. The number of nitrogens with zero attached hydrogens (tertiary/aromatic N) is 3. The van der Waals surface area contributed by atoms with Crippen LogP contribution in [0.25, 0.3) is 0 Å². The highest BCUT2D eigenvalue weighted by atomic mass is 16.5. The molecule has 1 aromatic heterocycles. The quantitative estimate of drug-likeness (QED) is 0.885. The number of likely N-dealkylation sites (tertiary alicyclic amines) is 1. The van der Waals surface area contributed by atoms with Crippen LogP contribution in [0.2, 0.25) is 0 Å². The third-order valence-corrected chi connectivity index (χ3v) is 4.35. The number of hydrogen-bond acceptors (Lipinski definition) is 4. The molecule has 1 aliphatic heterocycles.